The zero-order valence-electron chi connectivity index (χ0n) is 19.6. The number of hydrogen-bond donors (Lipinski definition) is 8. The van der Waals surface area contributed by atoms with E-state index in [4.69, 9.17) is 22.3 Å². The molecule has 11 N–H and O–H groups in total. The monoisotopic (exact) mass is 502 g/mol. The van der Waals surface area contributed by atoms with E-state index in [2.05, 4.69) is 16.0 Å². The van der Waals surface area contributed by atoms with E-state index in [1.54, 1.807) is 13.8 Å². The average Bonchev–Trinajstić information content (AvgIpc) is 2.76. The van der Waals surface area contributed by atoms with Crippen molar-refractivity contribution in [1.82, 2.24) is 16.0 Å². The Kier molecular flexibility index (Phi) is 13.6. The summed E-state index contributed by atoms with van der Waals surface area (Å²) in [4.78, 5) is 82.6. The zero-order valence-corrected chi connectivity index (χ0v) is 19.6. The smallest absolute Gasteiger partial charge is 0.326 e. The number of nitrogens with two attached hydrogens (primary N) is 3. The van der Waals surface area contributed by atoms with Crippen molar-refractivity contribution >= 4 is 41.5 Å². The maximum absolute atomic E-state index is 12.8. The molecule has 0 aliphatic rings. The van der Waals surface area contributed by atoms with Gasteiger partial charge in [-0.25, -0.2) is 4.79 Å². The van der Waals surface area contributed by atoms with Crippen molar-refractivity contribution in [2.75, 3.05) is 0 Å². The number of nitrogens with one attached hydrogen (secondary N) is 3. The van der Waals surface area contributed by atoms with Crippen LogP contribution in [-0.2, 0) is 33.6 Å². The van der Waals surface area contributed by atoms with Gasteiger partial charge in [-0.05, 0) is 18.8 Å². The first-order valence-corrected chi connectivity index (χ1v) is 10.9. The second-order valence-electron chi connectivity index (χ2n) is 8.04. The number of carboxylic acids is 2. The number of aliphatic carboxylic acids is 2. The van der Waals surface area contributed by atoms with Gasteiger partial charge in [0.05, 0.1) is 12.5 Å². The highest BCUT2D eigenvalue weighted by Crippen LogP contribution is 2.07. The van der Waals surface area contributed by atoms with Gasteiger partial charge in [-0.3, -0.25) is 28.8 Å². The normalized spacial score (nSPS) is 14.9. The van der Waals surface area contributed by atoms with E-state index in [9.17, 15) is 38.7 Å². The van der Waals surface area contributed by atoms with E-state index in [0.717, 1.165) is 0 Å². The van der Waals surface area contributed by atoms with E-state index >= 15 is 0 Å². The van der Waals surface area contributed by atoms with Crippen LogP contribution < -0.4 is 33.2 Å². The molecular weight excluding hydrogens is 468 g/mol. The third-order valence-electron chi connectivity index (χ3n) is 5.18. The molecule has 0 radical (unpaired) electrons. The Hall–Kier alpha value is -3.75. The van der Waals surface area contributed by atoms with Gasteiger partial charge in [0.15, 0.2) is 0 Å². The van der Waals surface area contributed by atoms with E-state index in [1.807, 2.05) is 0 Å². The van der Waals surface area contributed by atoms with Gasteiger partial charge < -0.3 is 43.4 Å². The predicted octanol–water partition coefficient (Wildman–Crippen LogP) is -3.10. The summed E-state index contributed by atoms with van der Waals surface area (Å²) in [6.45, 7) is 3.48. The molecule has 0 saturated carbocycles. The van der Waals surface area contributed by atoms with Crippen LogP contribution in [0.25, 0.3) is 0 Å². The van der Waals surface area contributed by atoms with Crippen LogP contribution in [-0.4, -0.2) is 75.9 Å². The van der Waals surface area contributed by atoms with Gasteiger partial charge in [-0.15, -0.1) is 0 Å². The van der Waals surface area contributed by atoms with Gasteiger partial charge in [0.2, 0.25) is 29.5 Å². The van der Waals surface area contributed by atoms with E-state index in [0.29, 0.717) is 6.42 Å². The molecule has 15 heteroatoms. The summed E-state index contributed by atoms with van der Waals surface area (Å²) in [6, 6.07) is -5.70. The Morgan fingerprint density at radius 2 is 1.17 bits per heavy atom. The molecule has 0 fully saturated rings. The highest BCUT2D eigenvalue weighted by Gasteiger charge is 2.32. The molecule has 0 saturated heterocycles. The van der Waals surface area contributed by atoms with Gasteiger partial charge in [0.1, 0.15) is 18.1 Å². The molecule has 0 spiro atoms. The SMILES string of the molecule is CCC(C)C(N)C(=O)NC(CC(=O)O)C(=O)NC(CCC(N)=O)C(=O)NC(CCC(N)=O)C(=O)O. The lowest BCUT2D eigenvalue weighted by Gasteiger charge is -2.25. The number of carbonyl (C=O) groups excluding carboxylic acids is 5. The Bertz CT molecular complexity index is 819. The maximum Gasteiger partial charge on any atom is 0.326 e. The summed E-state index contributed by atoms with van der Waals surface area (Å²) in [6.07, 6.45) is -1.72. The summed E-state index contributed by atoms with van der Waals surface area (Å²) < 4.78 is 0. The van der Waals surface area contributed by atoms with Crippen molar-refractivity contribution in [2.24, 2.45) is 23.1 Å². The van der Waals surface area contributed by atoms with E-state index in [-0.39, 0.29) is 31.6 Å². The fourth-order valence-corrected chi connectivity index (χ4v) is 2.81. The summed E-state index contributed by atoms with van der Waals surface area (Å²) >= 11 is 0. The Morgan fingerprint density at radius 3 is 1.60 bits per heavy atom. The van der Waals surface area contributed by atoms with E-state index < -0.39 is 72.1 Å². The van der Waals surface area contributed by atoms with Crippen molar-refractivity contribution in [1.29, 1.82) is 0 Å². The molecule has 0 rings (SSSR count). The van der Waals surface area contributed by atoms with Crippen molar-refractivity contribution < 1.29 is 43.8 Å². The second kappa shape index (κ2) is 15.2. The average molecular weight is 503 g/mol. The lowest BCUT2D eigenvalue weighted by Crippen LogP contribution is -2.58. The molecule has 0 aliphatic heterocycles. The molecule has 5 unspecified atom stereocenters. The van der Waals surface area contributed by atoms with Gasteiger partial charge >= 0.3 is 11.9 Å². The molecule has 198 valence electrons. The largest absolute Gasteiger partial charge is 0.481 e. The molecule has 5 atom stereocenters. The molecule has 0 aromatic carbocycles. The van der Waals surface area contributed by atoms with Crippen LogP contribution in [0.1, 0.15) is 52.4 Å². The van der Waals surface area contributed by atoms with Gasteiger partial charge in [0, 0.05) is 12.8 Å². The first-order valence-electron chi connectivity index (χ1n) is 10.9. The molecule has 0 aromatic rings. The Balaban J connectivity index is 5.64. The van der Waals surface area contributed by atoms with Gasteiger partial charge in [-0.2, -0.15) is 0 Å². The zero-order chi connectivity index (χ0) is 27.3. The molecule has 5 amide bonds. The minimum atomic E-state index is -1.62. The minimum Gasteiger partial charge on any atom is -0.481 e. The highest BCUT2D eigenvalue weighted by molar-refractivity contribution is 5.96. The van der Waals surface area contributed by atoms with Gasteiger partial charge in [-0.1, -0.05) is 20.3 Å². The fourth-order valence-electron chi connectivity index (χ4n) is 2.81. The number of amides is 5. The van der Waals surface area contributed by atoms with Gasteiger partial charge in [0.25, 0.3) is 0 Å². The summed E-state index contributed by atoms with van der Waals surface area (Å²) in [5.41, 5.74) is 15.9. The first kappa shape index (κ1) is 31.2. The number of primary amides is 2. The summed E-state index contributed by atoms with van der Waals surface area (Å²) in [5.74, 6) is -7.70. The van der Waals surface area contributed by atoms with Crippen molar-refractivity contribution in [3.63, 3.8) is 0 Å². The minimum absolute atomic E-state index is 0.272. The number of hydrogen-bond acceptors (Lipinski definition) is 8. The third kappa shape index (κ3) is 12.3. The van der Waals surface area contributed by atoms with Crippen molar-refractivity contribution in [3.05, 3.63) is 0 Å². The lowest BCUT2D eigenvalue weighted by atomic mass is 9.99. The van der Waals surface area contributed by atoms with Crippen LogP contribution in [0, 0.1) is 5.92 Å². The molecular formula is C20H34N6O9. The van der Waals surface area contributed by atoms with E-state index in [1.165, 1.54) is 0 Å². The fraction of sp³-hybridized carbons (Fsp3) is 0.650. The maximum atomic E-state index is 12.8. The Labute approximate surface area is 201 Å². The lowest BCUT2D eigenvalue weighted by molar-refractivity contribution is -0.143. The molecule has 0 aliphatic carbocycles. The van der Waals surface area contributed by atoms with Crippen LogP contribution in [0.3, 0.4) is 0 Å². The van der Waals surface area contributed by atoms with Crippen LogP contribution in [0.15, 0.2) is 0 Å². The highest BCUT2D eigenvalue weighted by atomic mass is 16.4. The van der Waals surface area contributed by atoms with Crippen molar-refractivity contribution in [3.8, 4) is 0 Å². The molecule has 15 nitrogen and oxygen atoms in total. The topological polar surface area (TPSA) is 274 Å². The Morgan fingerprint density at radius 1 is 0.743 bits per heavy atom. The summed E-state index contributed by atoms with van der Waals surface area (Å²) in [5, 5.41) is 25.0. The quantitative estimate of drug-likeness (QED) is 0.0991. The molecule has 35 heavy (non-hydrogen) atoms. The van der Waals surface area contributed by atoms with Crippen LogP contribution in [0.4, 0.5) is 0 Å². The van der Waals surface area contributed by atoms with Crippen LogP contribution in [0.5, 0.6) is 0 Å². The first-order chi connectivity index (χ1) is 16.2. The molecule has 0 heterocycles. The standard InChI is InChI=1S/C20H34N6O9/c1-3-9(2)16(23)19(33)26-12(8-15(29)30)18(32)24-10(4-6-13(21)27)17(31)25-11(20(34)35)5-7-14(22)28/h9-12,16H,3-8,23H2,1-2H3,(H2,21,27)(H2,22,28)(H,24,32)(H,25,31)(H,26,33)(H,29,30)(H,34,35). The third-order valence-corrected chi connectivity index (χ3v) is 5.18. The summed E-state index contributed by atoms with van der Waals surface area (Å²) in [7, 11) is 0. The number of rotatable bonds is 17. The van der Waals surface area contributed by atoms with Crippen LogP contribution >= 0.6 is 0 Å². The number of carboxylic acid groups (broad SMARTS) is 2. The predicted molar refractivity (Wildman–Crippen MR) is 120 cm³/mol. The van der Waals surface area contributed by atoms with Crippen molar-refractivity contribution in [2.45, 2.75) is 76.5 Å². The second-order valence-corrected chi connectivity index (χ2v) is 8.04. The molecule has 0 aromatic heterocycles. The molecule has 0 bridgehead atoms. The number of carbonyl (C=O) groups is 7. The van der Waals surface area contributed by atoms with Crippen LogP contribution in [0.2, 0.25) is 0 Å².